The Labute approximate surface area is 172 Å². The minimum atomic E-state index is 0.00198. The first kappa shape index (κ1) is 22.1. The van der Waals surface area contributed by atoms with E-state index in [4.69, 9.17) is 9.47 Å². The second kappa shape index (κ2) is 12.3. The topological polar surface area (TPSA) is 84.0 Å². The van der Waals surface area contributed by atoms with E-state index in [1.165, 1.54) is 0 Å². The molecule has 0 saturated carbocycles. The van der Waals surface area contributed by atoms with E-state index in [0.29, 0.717) is 43.5 Å². The van der Waals surface area contributed by atoms with E-state index >= 15 is 0 Å². The molecule has 2 aromatic carbocycles. The van der Waals surface area contributed by atoms with Crippen LogP contribution in [0.1, 0.15) is 17.5 Å². The third-order valence-corrected chi connectivity index (χ3v) is 4.35. The summed E-state index contributed by atoms with van der Waals surface area (Å²) in [7, 11) is 4.96. The molecule has 156 valence electrons. The Kier molecular flexibility index (Phi) is 9.35. The molecule has 0 radical (unpaired) electrons. The predicted octanol–water partition coefficient (Wildman–Crippen LogP) is 2.12. The summed E-state index contributed by atoms with van der Waals surface area (Å²) < 4.78 is 10.6. The van der Waals surface area contributed by atoms with Crippen LogP contribution in [0.2, 0.25) is 0 Å². The molecule has 1 amide bonds. The lowest BCUT2D eigenvalue weighted by Gasteiger charge is -2.13. The van der Waals surface area contributed by atoms with E-state index in [9.17, 15) is 4.79 Å². The fourth-order valence-corrected chi connectivity index (χ4v) is 2.76. The Bertz CT molecular complexity index is 794. The third kappa shape index (κ3) is 7.73. The third-order valence-electron chi connectivity index (χ3n) is 4.35. The normalized spacial score (nSPS) is 10.9. The van der Waals surface area contributed by atoms with Crippen LogP contribution in [0.25, 0.3) is 0 Å². The van der Waals surface area contributed by atoms with Crippen LogP contribution < -0.4 is 25.4 Å². The summed E-state index contributed by atoms with van der Waals surface area (Å²) >= 11 is 0. The molecule has 2 aromatic rings. The first-order valence-corrected chi connectivity index (χ1v) is 9.62. The predicted molar refractivity (Wildman–Crippen MR) is 116 cm³/mol. The number of rotatable bonds is 10. The van der Waals surface area contributed by atoms with Crippen LogP contribution in [0.3, 0.4) is 0 Å². The maximum absolute atomic E-state index is 12.0. The molecule has 0 aliphatic carbocycles. The Hall–Kier alpha value is -3.22. The van der Waals surface area contributed by atoms with Crippen molar-refractivity contribution in [2.45, 2.75) is 19.4 Å². The zero-order valence-corrected chi connectivity index (χ0v) is 17.3. The van der Waals surface area contributed by atoms with Gasteiger partial charge in [-0.05, 0) is 29.7 Å². The van der Waals surface area contributed by atoms with Crippen LogP contribution in [0, 0.1) is 0 Å². The molecular formula is C22H30N4O3. The van der Waals surface area contributed by atoms with E-state index in [1.807, 2.05) is 48.5 Å². The molecule has 3 N–H and O–H groups in total. The molecule has 0 heterocycles. The number of nitrogens with one attached hydrogen (secondary N) is 3. The van der Waals surface area contributed by atoms with Crippen molar-refractivity contribution in [1.29, 1.82) is 0 Å². The Morgan fingerprint density at radius 2 is 1.62 bits per heavy atom. The number of carbonyl (C=O) groups excluding carboxylic acids is 1. The highest BCUT2D eigenvalue weighted by atomic mass is 16.5. The first-order chi connectivity index (χ1) is 14.2. The lowest BCUT2D eigenvalue weighted by molar-refractivity contribution is -0.121. The average Bonchev–Trinajstić information content (AvgIpc) is 2.77. The number of ether oxygens (including phenoxy) is 2. The summed E-state index contributed by atoms with van der Waals surface area (Å²) in [5, 5.41) is 9.32. The van der Waals surface area contributed by atoms with E-state index in [2.05, 4.69) is 20.9 Å². The molecule has 0 aliphatic rings. The molecule has 2 rings (SSSR count). The molecule has 0 bridgehead atoms. The summed E-state index contributed by atoms with van der Waals surface area (Å²) in [6.45, 7) is 1.75. The van der Waals surface area contributed by atoms with Crippen LogP contribution in [0.15, 0.2) is 53.5 Å². The Morgan fingerprint density at radius 3 is 2.31 bits per heavy atom. The molecule has 0 atom stereocenters. The molecule has 0 unspecified atom stereocenters. The number of benzene rings is 2. The van der Waals surface area contributed by atoms with Gasteiger partial charge in [-0.15, -0.1) is 0 Å². The van der Waals surface area contributed by atoms with Crippen LogP contribution >= 0.6 is 0 Å². The van der Waals surface area contributed by atoms with Crippen LogP contribution in [0.4, 0.5) is 0 Å². The molecule has 0 fully saturated rings. The maximum Gasteiger partial charge on any atom is 0.222 e. The summed E-state index contributed by atoms with van der Waals surface area (Å²) in [6, 6.07) is 15.7. The number of carbonyl (C=O) groups is 1. The lowest BCUT2D eigenvalue weighted by atomic mass is 10.1. The number of aliphatic imine (C=N–C) groups is 1. The highest BCUT2D eigenvalue weighted by molar-refractivity contribution is 5.81. The lowest BCUT2D eigenvalue weighted by Crippen LogP contribution is -2.40. The number of amides is 1. The van der Waals surface area contributed by atoms with Gasteiger partial charge in [0.05, 0.1) is 14.2 Å². The monoisotopic (exact) mass is 398 g/mol. The molecule has 0 aliphatic heterocycles. The molecule has 0 spiro atoms. The van der Waals surface area contributed by atoms with E-state index in [1.54, 1.807) is 21.3 Å². The highest BCUT2D eigenvalue weighted by Crippen LogP contribution is 2.27. The largest absolute Gasteiger partial charge is 0.493 e. The summed E-state index contributed by atoms with van der Waals surface area (Å²) in [5.41, 5.74) is 2.22. The zero-order valence-electron chi connectivity index (χ0n) is 17.3. The standard InChI is InChI=1S/C22H30N4O3/c1-23-22(24-13-11-17-9-10-19(28-2)20(15-17)29-3)25-14-12-21(27)26-16-18-7-5-4-6-8-18/h4-10,15H,11-14,16H2,1-3H3,(H,26,27)(H2,23,24,25). The summed E-state index contributed by atoms with van der Waals surface area (Å²) in [5.74, 6) is 2.10. The fraction of sp³-hybridized carbons (Fsp3) is 0.364. The summed E-state index contributed by atoms with van der Waals surface area (Å²) in [6.07, 6.45) is 1.18. The van der Waals surface area contributed by atoms with Crippen molar-refractivity contribution < 1.29 is 14.3 Å². The van der Waals surface area contributed by atoms with Crippen LogP contribution in [-0.4, -0.2) is 46.2 Å². The van der Waals surface area contributed by atoms with E-state index < -0.39 is 0 Å². The van der Waals surface area contributed by atoms with Gasteiger partial charge < -0.3 is 25.4 Å². The summed E-state index contributed by atoms with van der Waals surface area (Å²) in [4.78, 5) is 16.2. The van der Waals surface area contributed by atoms with Gasteiger partial charge in [0.25, 0.3) is 0 Å². The molecule has 0 aromatic heterocycles. The van der Waals surface area contributed by atoms with Gasteiger partial charge in [-0.1, -0.05) is 36.4 Å². The Balaban J connectivity index is 1.66. The van der Waals surface area contributed by atoms with Gasteiger partial charge in [-0.2, -0.15) is 0 Å². The number of nitrogens with zero attached hydrogens (tertiary/aromatic N) is 1. The van der Waals surface area contributed by atoms with Crippen molar-refractivity contribution in [1.82, 2.24) is 16.0 Å². The number of hydrogen-bond acceptors (Lipinski definition) is 4. The highest BCUT2D eigenvalue weighted by Gasteiger charge is 2.06. The number of methoxy groups -OCH3 is 2. The minimum Gasteiger partial charge on any atom is -0.493 e. The second-order valence-corrected chi connectivity index (χ2v) is 6.38. The zero-order chi connectivity index (χ0) is 20.9. The SMILES string of the molecule is CN=C(NCCC(=O)NCc1ccccc1)NCCc1ccc(OC)c(OC)c1. The fourth-order valence-electron chi connectivity index (χ4n) is 2.76. The van der Waals surface area contributed by atoms with Gasteiger partial charge in [0.2, 0.25) is 5.91 Å². The van der Waals surface area contributed by atoms with Crippen molar-refractivity contribution in [2.75, 3.05) is 34.4 Å². The van der Waals surface area contributed by atoms with Gasteiger partial charge in [0.1, 0.15) is 0 Å². The minimum absolute atomic E-state index is 0.00198. The van der Waals surface area contributed by atoms with Crippen molar-refractivity contribution in [3.8, 4) is 11.5 Å². The molecule has 29 heavy (non-hydrogen) atoms. The maximum atomic E-state index is 12.0. The quantitative estimate of drug-likeness (QED) is 0.422. The van der Waals surface area contributed by atoms with Gasteiger partial charge in [-0.25, -0.2) is 0 Å². The van der Waals surface area contributed by atoms with Crippen LogP contribution in [-0.2, 0) is 17.8 Å². The van der Waals surface area contributed by atoms with Crippen molar-refractivity contribution in [2.24, 2.45) is 4.99 Å². The smallest absolute Gasteiger partial charge is 0.222 e. The van der Waals surface area contributed by atoms with Crippen molar-refractivity contribution >= 4 is 11.9 Å². The average molecular weight is 399 g/mol. The molecule has 7 nitrogen and oxygen atoms in total. The molecule has 7 heteroatoms. The Morgan fingerprint density at radius 1 is 0.897 bits per heavy atom. The van der Waals surface area contributed by atoms with E-state index in [0.717, 1.165) is 17.5 Å². The number of hydrogen-bond donors (Lipinski definition) is 3. The molecular weight excluding hydrogens is 368 g/mol. The van der Waals surface area contributed by atoms with Gasteiger partial charge in [-0.3, -0.25) is 9.79 Å². The van der Waals surface area contributed by atoms with E-state index in [-0.39, 0.29) is 5.91 Å². The molecule has 0 saturated heterocycles. The first-order valence-electron chi connectivity index (χ1n) is 9.62. The van der Waals surface area contributed by atoms with Gasteiger partial charge in [0, 0.05) is 33.1 Å². The van der Waals surface area contributed by atoms with Crippen molar-refractivity contribution in [3.05, 3.63) is 59.7 Å². The number of guanidine groups is 1. The van der Waals surface area contributed by atoms with Gasteiger partial charge >= 0.3 is 0 Å². The van der Waals surface area contributed by atoms with Gasteiger partial charge in [0.15, 0.2) is 17.5 Å². The van der Waals surface area contributed by atoms with Crippen LogP contribution in [0.5, 0.6) is 11.5 Å². The second-order valence-electron chi connectivity index (χ2n) is 6.38. The van der Waals surface area contributed by atoms with Crippen molar-refractivity contribution in [3.63, 3.8) is 0 Å².